The Labute approximate surface area is 339 Å². The van der Waals surface area contributed by atoms with Gasteiger partial charge in [0, 0.05) is 0 Å². The van der Waals surface area contributed by atoms with E-state index < -0.39 is 0 Å². The SMILES string of the molecule is c1ccc(-c2c3ccccc3c(-c3ccc4c(c3)[se]c3ccc(-c5c6ccccc6c(C6C7CC8CC(C7)CC6C8)c6ccccc56)cc34)c3ccccc23)cc1. The van der Waals surface area contributed by atoms with Gasteiger partial charge in [-0.15, -0.1) is 0 Å². The number of benzene rings is 9. The fourth-order valence-corrected chi connectivity index (χ4v) is 15.0. The van der Waals surface area contributed by atoms with E-state index in [0.29, 0.717) is 5.92 Å². The van der Waals surface area contributed by atoms with Crippen LogP contribution in [0, 0.1) is 23.7 Å². The van der Waals surface area contributed by atoms with Crippen molar-refractivity contribution in [3.63, 3.8) is 0 Å². The molecular weight excluding hydrogens is 752 g/mol. The second-order valence-electron chi connectivity index (χ2n) is 17.6. The molecule has 10 aromatic rings. The van der Waals surface area contributed by atoms with E-state index in [9.17, 15) is 0 Å². The molecule has 0 unspecified atom stereocenters. The predicted molar refractivity (Wildman–Crippen MR) is 245 cm³/mol. The molecule has 1 heteroatoms. The Balaban J connectivity index is 0.991. The van der Waals surface area contributed by atoms with Crippen molar-refractivity contribution in [2.24, 2.45) is 23.7 Å². The molecule has 272 valence electrons. The van der Waals surface area contributed by atoms with Crippen LogP contribution in [0.2, 0.25) is 0 Å². The van der Waals surface area contributed by atoms with Crippen molar-refractivity contribution in [1.82, 2.24) is 0 Å². The van der Waals surface area contributed by atoms with Crippen LogP contribution in [-0.4, -0.2) is 14.5 Å². The third-order valence-corrected chi connectivity index (χ3v) is 17.0. The zero-order valence-corrected chi connectivity index (χ0v) is 33.6. The van der Waals surface area contributed by atoms with Gasteiger partial charge in [-0.2, -0.15) is 0 Å². The molecule has 0 spiro atoms. The summed E-state index contributed by atoms with van der Waals surface area (Å²) in [6, 6.07) is 62.7. The molecule has 1 heterocycles. The predicted octanol–water partition coefficient (Wildman–Crippen LogP) is 15.2. The van der Waals surface area contributed by atoms with Crippen molar-refractivity contribution < 1.29 is 0 Å². The standard InChI is InChI=1S/C56H42Se/c1-2-12-35(13-3-1)53-41-14-4-6-16-43(41)55(44-17-7-5-15-42(44)53)37-22-24-40-49-31-36(23-25-50(49)57-51(40)32-37)54-45-18-8-10-20-47(45)56(48-21-11-9-19-46(48)54)52-38-27-33-26-34(29-38)30-39(52)28-33/h1-25,31-34,38-39,52H,26-30H2. The summed E-state index contributed by atoms with van der Waals surface area (Å²) in [6.45, 7) is 0. The van der Waals surface area contributed by atoms with Gasteiger partial charge in [-0.1, -0.05) is 0 Å². The fraction of sp³-hybridized carbons (Fsp3) is 0.179. The average molecular weight is 794 g/mol. The Bertz CT molecular complexity index is 3110. The molecule has 0 atom stereocenters. The first kappa shape index (κ1) is 32.6. The number of rotatable bonds is 4. The van der Waals surface area contributed by atoms with Crippen LogP contribution in [0.3, 0.4) is 0 Å². The molecule has 57 heavy (non-hydrogen) atoms. The van der Waals surface area contributed by atoms with Crippen molar-refractivity contribution in [3.8, 4) is 33.4 Å². The summed E-state index contributed by atoms with van der Waals surface area (Å²) in [7, 11) is 0. The van der Waals surface area contributed by atoms with Crippen molar-refractivity contribution in [2.75, 3.05) is 0 Å². The number of hydrogen-bond acceptors (Lipinski definition) is 0. The summed E-state index contributed by atoms with van der Waals surface area (Å²) in [5.41, 5.74) is 9.66. The summed E-state index contributed by atoms with van der Waals surface area (Å²) in [4.78, 5) is 0. The van der Waals surface area contributed by atoms with Gasteiger partial charge in [0.2, 0.25) is 0 Å². The second kappa shape index (κ2) is 12.5. The Hall–Kier alpha value is -5.46. The third kappa shape index (κ3) is 4.86. The van der Waals surface area contributed by atoms with E-state index in [1.807, 2.05) is 0 Å². The van der Waals surface area contributed by atoms with E-state index in [4.69, 9.17) is 0 Å². The first-order valence-electron chi connectivity index (χ1n) is 21.1. The summed E-state index contributed by atoms with van der Waals surface area (Å²) >= 11 is 0.238. The monoisotopic (exact) mass is 794 g/mol. The van der Waals surface area contributed by atoms with Gasteiger partial charge in [0.05, 0.1) is 0 Å². The Morgan fingerprint density at radius 1 is 0.316 bits per heavy atom. The first-order valence-corrected chi connectivity index (χ1v) is 22.9. The Kier molecular flexibility index (Phi) is 7.16. The molecule has 9 aromatic carbocycles. The maximum atomic E-state index is 2.54. The van der Waals surface area contributed by atoms with E-state index in [1.54, 1.807) is 5.56 Å². The molecular formula is C56H42Se. The van der Waals surface area contributed by atoms with Crippen LogP contribution in [-0.2, 0) is 0 Å². The van der Waals surface area contributed by atoms with E-state index in [-0.39, 0.29) is 14.5 Å². The average Bonchev–Trinajstić information content (AvgIpc) is 3.62. The van der Waals surface area contributed by atoms with Crippen LogP contribution in [0.15, 0.2) is 164 Å². The minimum absolute atomic E-state index is 0.238. The van der Waals surface area contributed by atoms with Crippen LogP contribution >= 0.6 is 0 Å². The van der Waals surface area contributed by atoms with E-state index in [0.717, 1.165) is 23.7 Å². The van der Waals surface area contributed by atoms with E-state index in [1.165, 1.54) is 128 Å². The topological polar surface area (TPSA) is 0 Å². The molecule has 0 N–H and O–H groups in total. The van der Waals surface area contributed by atoms with E-state index >= 15 is 0 Å². The first-order chi connectivity index (χ1) is 28.2. The molecule has 0 nitrogen and oxygen atoms in total. The Morgan fingerprint density at radius 3 is 1.30 bits per heavy atom. The van der Waals surface area contributed by atoms with Gasteiger partial charge < -0.3 is 0 Å². The van der Waals surface area contributed by atoms with Crippen molar-refractivity contribution >= 4 is 76.9 Å². The molecule has 0 radical (unpaired) electrons. The zero-order chi connectivity index (χ0) is 37.2. The summed E-state index contributed by atoms with van der Waals surface area (Å²) < 4.78 is 2.98. The summed E-state index contributed by atoms with van der Waals surface area (Å²) in [5, 5.41) is 13.9. The minimum atomic E-state index is 0.238. The molecule has 4 fully saturated rings. The quantitative estimate of drug-likeness (QED) is 0.123. The van der Waals surface area contributed by atoms with Crippen LogP contribution in [0.25, 0.3) is 95.8 Å². The van der Waals surface area contributed by atoms with Gasteiger partial charge in [0.15, 0.2) is 0 Å². The van der Waals surface area contributed by atoms with E-state index in [2.05, 4.69) is 164 Å². The molecule has 1 aromatic heterocycles. The van der Waals surface area contributed by atoms with Gasteiger partial charge in [-0.05, 0) is 6.42 Å². The maximum absolute atomic E-state index is 2.54. The van der Waals surface area contributed by atoms with Crippen molar-refractivity contribution in [1.29, 1.82) is 0 Å². The molecule has 4 aliphatic rings. The fourth-order valence-electron chi connectivity index (χ4n) is 12.7. The van der Waals surface area contributed by atoms with Gasteiger partial charge in [-0.25, -0.2) is 0 Å². The third-order valence-electron chi connectivity index (χ3n) is 14.6. The number of fused-ring (bicyclic) bond motifs is 7. The normalized spacial score (nSPS) is 21.5. The van der Waals surface area contributed by atoms with Crippen LogP contribution in [0.4, 0.5) is 0 Å². The van der Waals surface area contributed by atoms with Crippen LogP contribution in [0.1, 0.15) is 43.6 Å². The second-order valence-corrected chi connectivity index (χ2v) is 19.8. The van der Waals surface area contributed by atoms with Gasteiger partial charge in [0.25, 0.3) is 0 Å². The molecule has 14 rings (SSSR count). The van der Waals surface area contributed by atoms with Gasteiger partial charge in [-0.3, -0.25) is 0 Å². The molecule has 0 aliphatic heterocycles. The summed E-state index contributed by atoms with van der Waals surface area (Å²) in [5.74, 6) is 4.34. The van der Waals surface area contributed by atoms with Gasteiger partial charge in [0.1, 0.15) is 0 Å². The molecule has 4 bridgehead atoms. The van der Waals surface area contributed by atoms with Crippen LogP contribution < -0.4 is 0 Å². The number of hydrogen-bond donors (Lipinski definition) is 0. The molecule has 0 saturated heterocycles. The molecule has 0 amide bonds. The van der Waals surface area contributed by atoms with Crippen molar-refractivity contribution in [2.45, 2.75) is 38.0 Å². The molecule has 4 aliphatic carbocycles. The van der Waals surface area contributed by atoms with Crippen molar-refractivity contribution in [3.05, 3.63) is 169 Å². The van der Waals surface area contributed by atoms with Crippen LogP contribution in [0.5, 0.6) is 0 Å². The molecule has 4 saturated carbocycles. The Morgan fingerprint density at radius 2 is 0.754 bits per heavy atom. The zero-order valence-electron chi connectivity index (χ0n) is 31.9. The summed E-state index contributed by atoms with van der Waals surface area (Å²) in [6.07, 6.45) is 7.28. The van der Waals surface area contributed by atoms with Gasteiger partial charge >= 0.3 is 335 Å².